The molecule has 3 aromatic rings. The number of esters is 1. The fourth-order valence-corrected chi connectivity index (χ4v) is 5.93. The molecule has 0 aliphatic carbocycles. The number of piperidine rings is 2. The monoisotopic (exact) mass is 516 g/mol. The SMILES string of the molecule is CCOC(=O)C(C)(C)C(=O)N1CCC(n2cnc3ccc(-c4ccc(C5CCN(C)CC5)cc4)cc32)CC1. The van der Waals surface area contributed by atoms with Crippen molar-refractivity contribution in [3.05, 3.63) is 54.4 Å². The lowest BCUT2D eigenvalue weighted by molar-refractivity contribution is -0.163. The van der Waals surface area contributed by atoms with Gasteiger partial charge >= 0.3 is 5.97 Å². The summed E-state index contributed by atoms with van der Waals surface area (Å²) in [5.74, 6) is 0.0419. The molecule has 2 aliphatic rings. The first-order chi connectivity index (χ1) is 18.3. The fraction of sp³-hybridized carbons (Fsp3) is 0.516. The molecule has 0 N–H and O–H groups in total. The van der Waals surface area contributed by atoms with Crippen molar-refractivity contribution in [3.8, 4) is 11.1 Å². The number of amides is 1. The van der Waals surface area contributed by atoms with Crippen LogP contribution in [0.3, 0.4) is 0 Å². The van der Waals surface area contributed by atoms with Crippen molar-refractivity contribution in [2.45, 2.75) is 58.4 Å². The lowest BCUT2D eigenvalue weighted by atomic mass is 9.88. The second-order valence-corrected chi connectivity index (χ2v) is 11.4. The molecule has 3 heterocycles. The third kappa shape index (κ3) is 5.21. The fourth-order valence-electron chi connectivity index (χ4n) is 5.93. The van der Waals surface area contributed by atoms with Crippen molar-refractivity contribution in [3.63, 3.8) is 0 Å². The van der Waals surface area contributed by atoms with Gasteiger partial charge in [-0.05, 0) is 101 Å². The Morgan fingerprint density at radius 3 is 2.26 bits per heavy atom. The Balaban J connectivity index is 1.28. The van der Waals surface area contributed by atoms with E-state index in [0.717, 1.165) is 23.9 Å². The third-order valence-corrected chi connectivity index (χ3v) is 8.47. The molecule has 0 saturated carbocycles. The van der Waals surface area contributed by atoms with E-state index >= 15 is 0 Å². The maximum atomic E-state index is 13.1. The van der Waals surface area contributed by atoms with Crippen LogP contribution in [-0.2, 0) is 14.3 Å². The van der Waals surface area contributed by atoms with Gasteiger partial charge in [0.15, 0.2) is 0 Å². The summed E-state index contributed by atoms with van der Waals surface area (Å²) >= 11 is 0. The number of imidazole rings is 1. The average molecular weight is 517 g/mol. The van der Waals surface area contributed by atoms with Gasteiger partial charge in [0.1, 0.15) is 5.41 Å². The highest BCUT2D eigenvalue weighted by atomic mass is 16.5. The maximum Gasteiger partial charge on any atom is 0.321 e. The molecule has 2 saturated heterocycles. The predicted octanol–water partition coefficient (Wildman–Crippen LogP) is 5.27. The second kappa shape index (κ2) is 10.9. The summed E-state index contributed by atoms with van der Waals surface area (Å²) in [6.07, 6.45) is 6.04. The zero-order valence-corrected chi connectivity index (χ0v) is 23.2. The number of benzene rings is 2. The van der Waals surface area contributed by atoms with Gasteiger partial charge < -0.3 is 19.1 Å². The molecule has 7 heteroatoms. The topological polar surface area (TPSA) is 67.7 Å². The average Bonchev–Trinajstić information content (AvgIpc) is 3.37. The van der Waals surface area contributed by atoms with E-state index in [2.05, 4.69) is 64.0 Å². The number of carbonyl (C=O) groups is 2. The Bertz CT molecular complexity index is 1280. The Morgan fingerprint density at radius 1 is 0.947 bits per heavy atom. The van der Waals surface area contributed by atoms with Crippen LogP contribution in [0.15, 0.2) is 48.8 Å². The molecule has 0 spiro atoms. The number of hydrogen-bond donors (Lipinski definition) is 0. The number of rotatable bonds is 6. The third-order valence-electron chi connectivity index (χ3n) is 8.47. The van der Waals surface area contributed by atoms with Gasteiger partial charge in [-0.15, -0.1) is 0 Å². The summed E-state index contributed by atoms with van der Waals surface area (Å²) in [5.41, 5.74) is 4.80. The highest BCUT2D eigenvalue weighted by Gasteiger charge is 2.41. The summed E-state index contributed by atoms with van der Waals surface area (Å²) in [5, 5.41) is 0. The Labute approximate surface area is 225 Å². The van der Waals surface area contributed by atoms with Crippen LogP contribution in [0.2, 0.25) is 0 Å². The van der Waals surface area contributed by atoms with Gasteiger partial charge in [0, 0.05) is 19.1 Å². The molecule has 1 aromatic heterocycles. The van der Waals surface area contributed by atoms with Crippen LogP contribution in [-0.4, -0.2) is 71.1 Å². The van der Waals surface area contributed by atoms with Crippen molar-refractivity contribution in [1.29, 1.82) is 0 Å². The second-order valence-electron chi connectivity index (χ2n) is 11.4. The minimum absolute atomic E-state index is 0.157. The van der Waals surface area contributed by atoms with Crippen molar-refractivity contribution < 1.29 is 14.3 Å². The number of nitrogens with zero attached hydrogens (tertiary/aromatic N) is 4. The smallest absolute Gasteiger partial charge is 0.321 e. The number of likely N-dealkylation sites (tertiary alicyclic amines) is 2. The Hall–Kier alpha value is -3.19. The van der Waals surface area contributed by atoms with Gasteiger partial charge in [-0.2, -0.15) is 0 Å². The summed E-state index contributed by atoms with van der Waals surface area (Å²) in [6.45, 7) is 8.92. The summed E-state index contributed by atoms with van der Waals surface area (Å²) in [6, 6.07) is 15.9. The van der Waals surface area contributed by atoms with Crippen LogP contribution in [0.1, 0.15) is 64.0 Å². The van der Waals surface area contributed by atoms with Crippen LogP contribution >= 0.6 is 0 Å². The Morgan fingerprint density at radius 2 is 1.61 bits per heavy atom. The van der Waals surface area contributed by atoms with Gasteiger partial charge in [0.25, 0.3) is 0 Å². The molecular formula is C31H40N4O3. The van der Waals surface area contributed by atoms with Crippen LogP contribution in [0.25, 0.3) is 22.2 Å². The number of ether oxygens (including phenoxy) is 1. The van der Waals surface area contributed by atoms with E-state index in [-0.39, 0.29) is 18.6 Å². The molecule has 5 rings (SSSR count). The van der Waals surface area contributed by atoms with E-state index in [0.29, 0.717) is 19.0 Å². The van der Waals surface area contributed by atoms with Crippen molar-refractivity contribution in [2.24, 2.45) is 5.41 Å². The first-order valence-corrected chi connectivity index (χ1v) is 14.0. The predicted molar refractivity (Wildman–Crippen MR) is 150 cm³/mol. The highest BCUT2D eigenvalue weighted by Crippen LogP contribution is 2.33. The van der Waals surface area contributed by atoms with Crippen molar-refractivity contribution in [2.75, 3.05) is 39.8 Å². The molecule has 7 nitrogen and oxygen atoms in total. The molecular weight excluding hydrogens is 476 g/mol. The van der Waals surface area contributed by atoms with Crippen molar-refractivity contribution >= 4 is 22.9 Å². The first-order valence-electron chi connectivity index (χ1n) is 14.0. The van der Waals surface area contributed by atoms with E-state index in [1.807, 2.05) is 11.2 Å². The molecule has 202 valence electrons. The van der Waals surface area contributed by atoms with Gasteiger partial charge in [-0.1, -0.05) is 30.3 Å². The van der Waals surface area contributed by atoms with E-state index in [4.69, 9.17) is 4.74 Å². The summed E-state index contributed by atoms with van der Waals surface area (Å²) in [4.78, 5) is 34.3. The van der Waals surface area contributed by atoms with E-state index < -0.39 is 11.4 Å². The molecule has 2 aliphatic heterocycles. The minimum Gasteiger partial charge on any atom is -0.465 e. The lowest BCUT2D eigenvalue weighted by Crippen LogP contribution is -2.48. The summed E-state index contributed by atoms with van der Waals surface area (Å²) in [7, 11) is 2.20. The largest absolute Gasteiger partial charge is 0.465 e. The zero-order chi connectivity index (χ0) is 26.9. The molecule has 38 heavy (non-hydrogen) atoms. The van der Waals surface area contributed by atoms with Crippen LogP contribution in [0, 0.1) is 5.41 Å². The first kappa shape index (κ1) is 26.4. The molecule has 2 fully saturated rings. The van der Waals surface area contributed by atoms with E-state index in [1.54, 1.807) is 20.8 Å². The van der Waals surface area contributed by atoms with Crippen LogP contribution in [0.4, 0.5) is 0 Å². The number of aromatic nitrogens is 2. The maximum absolute atomic E-state index is 13.1. The number of carbonyl (C=O) groups excluding carboxylic acids is 2. The normalized spacial score (nSPS) is 18.2. The Kier molecular flexibility index (Phi) is 7.57. The molecule has 2 aromatic carbocycles. The van der Waals surface area contributed by atoms with Gasteiger partial charge in [-0.25, -0.2) is 4.98 Å². The minimum atomic E-state index is -1.16. The molecule has 1 amide bonds. The van der Waals surface area contributed by atoms with Crippen molar-refractivity contribution in [1.82, 2.24) is 19.4 Å². The highest BCUT2D eigenvalue weighted by molar-refractivity contribution is 6.01. The number of hydrogen-bond acceptors (Lipinski definition) is 5. The van der Waals surface area contributed by atoms with Gasteiger partial charge in [0.05, 0.1) is 24.0 Å². The number of fused-ring (bicyclic) bond motifs is 1. The van der Waals surface area contributed by atoms with Gasteiger partial charge in [-0.3, -0.25) is 9.59 Å². The van der Waals surface area contributed by atoms with E-state index in [9.17, 15) is 9.59 Å². The van der Waals surface area contributed by atoms with Crippen LogP contribution < -0.4 is 0 Å². The standard InChI is InChI=1S/C31H40N4O3/c1-5-38-30(37)31(2,3)29(36)34-18-14-26(15-19-34)35-21-32-27-11-10-25(20-28(27)35)23-8-6-22(7-9-23)24-12-16-33(4)17-13-24/h6-11,20-21,24,26H,5,12-19H2,1-4H3. The van der Waals surface area contributed by atoms with Gasteiger partial charge in [0.2, 0.25) is 5.91 Å². The lowest BCUT2D eigenvalue weighted by Gasteiger charge is -2.36. The van der Waals surface area contributed by atoms with Crippen LogP contribution in [0.5, 0.6) is 0 Å². The summed E-state index contributed by atoms with van der Waals surface area (Å²) < 4.78 is 7.40. The molecule has 0 bridgehead atoms. The molecule has 0 atom stereocenters. The quantitative estimate of drug-likeness (QED) is 0.330. The molecule has 0 unspecified atom stereocenters. The van der Waals surface area contributed by atoms with E-state index in [1.165, 1.54) is 42.6 Å². The zero-order valence-electron chi connectivity index (χ0n) is 23.2. The molecule has 0 radical (unpaired) electrons.